The first-order valence-electron chi connectivity index (χ1n) is 7.64. The minimum atomic E-state index is 0.607. The summed E-state index contributed by atoms with van der Waals surface area (Å²) >= 11 is 1.70. The van der Waals surface area contributed by atoms with Crippen LogP contribution in [0, 0.1) is 6.92 Å². The average molecular weight is 332 g/mol. The summed E-state index contributed by atoms with van der Waals surface area (Å²) in [5, 5.41) is 7.64. The van der Waals surface area contributed by atoms with Crippen molar-refractivity contribution in [2.45, 2.75) is 26.9 Å². The standard InChI is InChI=1S/C16H24N6S/c1-5-17-16(21-11-15-19-9-12(2)23-15)20-10-13-6-7-18-14(8-13)22(3)4/h6-9H,5,10-11H2,1-4H3,(H2,17,20,21). The van der Waals surface area contributed by atoms with E-state index in [0.29, 0.717) is 13.1 Å². The van der Waals surface area contributed by atoms with Crippen LogP contribution < -0.4 is 15.5 Å². The van der Waals surface area contributed by atoms with E-state index in [2.05, 4.69) is 45.5 Å². The molecule has 2 aromatic heterocycles. The normalized spacial score (nSPS) is 11.4. The van der Waals surface area contributed by atoms with Crippen LogP contribution in [0.3, 0.4) is 0 Å². The van der Waals surface area contributed by atoms with Crippen LogP contribution in [0.5, 0.6) is 0 Å². The van der Waals surface area contributed by atoms with Gasteiger partial charge in [-0.1, -0.05) is 0 Å². The summed E-state index contributed by atoms with van der Waals surface area (Å²) < 4.78 is 0. The molecule has 6 nitrogen and oxygen atoms in total. The van der Waals surface area contributed by atoms with E-state index >= 15 is 0 Å². The Morgan fingerprint density at radius 1 is 1.30 bits per heavy atom. The molecule has 23 heavy (non-hydrogen) atoms. The molecule has 7 heteroatoms. The zero-order chi connectivity index (χ0) is 16.7. The number of aryl methyl sites for hydroxylation is 1. The van der Waals surface area contributed by atoms with Crippen molar-refractivity contribution in [3.63, 3.8) is 0 Å². The highest BCUT2D eigenvalue weighted by molar-refractivity contribution is 7.11. The maximum atomic E-state index is 4.63. The van der Waals surface area contributed by atoms with E-state index in [1.54, 1.807) is 11.3 Å². The number of guanidine groups is 1. The van der Waals surface area contributed by atoms with Crippen molar-refractivity contribution < 1.29 is 0 Å². The molecule has 2 heterocycles. The van der Waals surface area contributed by atoms with Crippen LogP contribution in [0.2, 0.25) is 0 Å². The number of hydrogen-bond acceptors (Lipinski definition) is 5. The van der Waals surface area contributed by atoms with Crippen molar-refractivity contribution in [3.8, 4) is 0 Å². The fourth-order valence-electron chi connectivity index (χ4n) is 1.96. The van der Waals surface area contributed by atoms with Gasteiger partial charge in [0.05, 0.1) is 13.1 Å². The maximum absolute atomic E-state index is 4.63. The average Bonchev–Trinajstić information content (AvgIpc) is 2.96. The highest BCUT2D eigenvalue weighted by Crippen LogP contribution is 2.11. The van der Waals surface area contributed by atoms with Crippen molar-refractivity contribution >= 4 is 23.1 Å². The molecular weight excluding hydrogens is 308 g/mol. The van der Waals surface area contributed by atoms with Gasteiger partial charge in [-0.15, -0.1) is 11.3 Å². The number of nitrogens with one attached hydrogen (secondary N) is 2. The molecule has 0 saturated heterocycles. The van der Waals surface area contributed by atoms with Crippen LogP contribution in [-0.4, -0.2) is 36.6 Å². The van der Waals surface area contributed by atoms with Gasteiger partial charge in [-0.25, -0.2) is 15.0 Å². The molecule has 0 aromatic carbocycles. The minimum absolute atomic E-state index is 0.607. The number of thiazole rings is 1. The van der Waals surface area contributed by atoms with Crippen molar-refractivity contribution in [1.29, 1.82) is 0 Å². The molecule has 124 valence electrons. The van der Waals surface area contributed by atoms with Gasteiger partial charge >= 0.3 is 0 Å². The highest BCUT2D eigenvalue weighted by atomic mass is 32.1. The number of aliphatic imine (C=N–C) groups is 1. The summed E-state index contributed by atoms with van der Waals surface area (Å²) in [6, 6.07) is 4.04. The summed E-state index contributed by atoms with van der Waals surface area (Å²) in [4.78, 5) is 16.5. The van der Waals surface area contributed by atoms with E-state index in [-0.39, 0.29) is 0 Å². The number of anilines is 1. The second-order valence-corrected chi connectivity index (χ2v) is 6.65. The Balaban J connectivity index is 1.99. The van der Waals surface area contributed by atoms with E-state index in [9.17, 15) is 0 Å². The smallest absolute Gasteiger partial charge is 0.191 e. The van der Waals surface area contributed by atoms with Crippen molar-refractivity contribution in [2.24, 2.45) is 4.99 Å². The summed E-state index contributed by atoms with van der Waals surface area (Å²) in [5.74, 6) is 1.73. The highest BCUT2D eigenvalue weighted by Gasteiger charge is 2.03. The number of nitrogens with zero attached hydrogens (tertiary/aromatic N) is 4. The Hall–Kier alpha value is -2.15. The van der Waals surface area contributed by atoms with Gasteiger partial charge in [-0.05, 0) is 31.5 Å². The van der Waals surface area contributed by atoms with Crippen LogP contribution in [0.25, 0.3) is 0 Å². The van der Waals surface area contributed by atoms with Gasteiger partial charge in [0.25, 0.3) is 0 Å². The largest absolute Gasteiger partial charge is 0.363 e. The topological polar surface area (TPSA) is 65.4 Å². The van der Waals surface area contributed by atoms with E-state index in [1.807, 2.05) is 37.5 Å². The molecule has 0 atom stereocenters. The molecule has 0 amide bonds. The summed E-state index contributed by atoms with van der Waals surface area (Å²) in [7, 11) is 3.97. The molecule has 2 N–H and O–H groups in total. The molecule has 0 aliphatic rings. The molecule has 2 aromatic rings. The first-order chi connectivity index (χ1) is 11.1. The summed E-state index contributed by atoms with van der Waals surface area (Å²) in [6.07, 6.45) is 3.71. The predicted molar refractivity (Wildman–Crippen MR) is 97.1 cm³/mol. The van der Waals surface area contributed by atoms with Crippen molar-refractivity contribution in [3.05, 3.63) is 40.0 Å². The molecule has 0 radical (unpaired) electrons. The molecule has 0 aliphatic heterocycles. The Labute approximate surface area is 141 Å². The number of rotatable bonds is 6. The molecule has 0 spiro atoms. The molecule has 0 saturated carbocycles. The fourth-order valence-corrected chi connectivity index (χ4v) is 2.68. The Kier molecular flexibility index (Phi) is 6.34. The third-order valence-corrected chi connectivity index (χ3v) is 4.02. The third kappa shape index (κ3) is 5.52. The lowest BCUT2D eigenvalue weighted by Gasteiger charge is -2.12. The van der Waals surface area contributed by atoms with Gasteiger partial charge in [0, 0.05) is 37.9 Å². The maximum Gasteiger partial charge on any atom is 0.191 e. The zero-order valence-corrected chi connectivity index (χ0v) is 14.9. The molecule has 0 aliphatic carbocycles. The first kappa shape index (κ1) is 17.2. The van der Waals surface area contributed by atoms with E-state index < -0.39 is 0 Å². The Morgan fingerprint density at radius 2 is 2.13 bits per heavy atom. The molecular formula is C16H24N6S. The third-order valence-electron chi connectivity index (χ3n) is 3.11. The van der Waals surface area contributed by atoms with Gasteiger partial charge in [-0.3, -0.25) is 0 Å². The number of pyridine rings is 1. The Morgan fingerprint density at radius 3 is 2.78 bits per heavy atom. The summed E-state index contributed by atoms with van der Waals surface area (Å²) in [5.41, 5.74) is 1.13. The van der Waals surface area contributed by atoms with Crippen LogP contribution in [0.1, 0.15) is 22.4 Å². The Bertz CT molecular complexity index is 650. The second kappa shape index (κ2) is 8.47. The van der Waals surface area contributed by atoms with E-state index in [0.717, 1.165) is 28.9 Å². The number of aromatic nitrogens is 2. The monoisotopic (exact) mass is 332 g/mol. The molecule has 2 rings (SSSR count). The van der Waals surface area contributed by atoms with Crippen molar-refractivity contribution in [1.82, 2.24) is 20.6 Å². The van der Waals surface area contributed by atoms with Crippen LogP contribution in [0.4, 0.5) is 5.82 Å². The first-order valence-corrected chi connectivity index (χ1v) is 8.46. The SMILES string of the molecule is CCNC(=NCc1ccnc(N(C)C)c1)NCc1ncc(C)s1. The van der Waals surface area contributed by atoms with Crippen LogP contribution in [-0.2, 0) is 13.1 Å². The summed E-state index contributed by atoms with van der Waals surface area (Å²) in [6.45, 7) is 6.23. The lowest BCUT2D eigenvalue weighted by molar-refractivity contribution is 0.811. The van der Waals surface area contributed by atoms with Gasteiger partial charge in [0.1, 0.15) is 10.8 Å². The predicted octanol–water partition coefficient (Wildman–Crippen LogP) is 2.17. The van der Waals surface area contributed by atoms with Gasteiger partial charge in [0.15, 0.2) is 5.96 Å². The van der Waals surface area contributed by atoms with Gasteiger partial charge in [0.2, 0.25) is 0 Å². The zero-order valence-electron chi connectivity index (χ0n) is 14.1. The molecule has 0 fully saturated rings. The lowest BCUT2D eigenvalue weighted by atomic mass is 10.2. The van der Waals surface area contributed by atoms with Crippen LogP contribution >= 0.6 is 11.3 Å². The second-order valence-electron chi connectivity index (χ2n) is 5.33. The molecule has 0 bridgehead atoms. The van der Waals surface area contributed by atoms with Crippen molar-refractivity contribution in [2.75, 3.05) is 25.5 Å². The molecule has 0 unspecified atom stereocenters. The number of hydrogen-bond donors (Lipinski definition) is 2. The van der Waals surface area contributed by atoms with E-state index in [4.69, 9.17) is 0 Å². The van der Waals surface area contributed by atoms with Crippen LogP contribution in [0.15, 0.2) is 29.5 Å². The quantitative estimate of drug-likeness (QED) is 0.627. The minimum Gasteiger partial charge on any atom is -0.363 e. The fraction of sp³-hybridized carbons (Fsp3) is 0.438. The lowest BCUT2D eigenvalue weighted by Crippen LogP contribution is -2.36. The van der Waals surface area contributed by atoms with Gasteiger partial charge < -0.3 is 15.5 Å². The van der Waals surface area contributed by atoms with E-state index in [1.165, 1.54) is 4.88 Å². The van der Waals surface area contributed by atoms with Gasteiger partial charge in [-0.2, -0.15) is 0 Å².